The Morgan fingerprint density at radius 3 is 2.23 bits per heavy atom. The summed E-state index contributed by atoms with van der Waals surface area (Å²) in [4.78, 5) is 26.3. The molecule has 0 aromatic heterocycles. The van der Waals surface area contributed by atoms with Gasteiger partial charge in [0.2, 0.25) is 11.8 Å². The van der Waals surface area contributed by atoms with Crippen molar-refractivity contribution in [2.45, 2.75) is 25.2 Å². The summed E-state index contributed by atoms with van der Waals surface area (Å²) in [5.41, 5.74) is 1.21. The molecule has 35 heavy (non-hydrogen) atoms. The zero-order chi connectivity index (χ0) is 24.8. The summed E-state index contributed by atoms with van der Waals surface area (Å²) in [6.45, 7) is 2.21. The maximum absolute atomic E-state index is 13.6. The van der Waals surface area contributed by atoms with Crippen LogP contribution in [0.1, 0.15) is 34.0 Å². The van der Waals surface area contributed by atoms with Crippen molar-refractivity contribution < 1.29 is 23.8 Å². The second-order valence-electron chi connectivity index (χ2n) is 7.90. The molecule has 1 N–H and O–H groups in total. The molecule has 0 saturated heterocycles. The number of carbonyl (C=O) groups excluding carboxylic acids is 2. The Balaban J connectivity index is 1.98. The van der Waals surface area contributed by atoms with Crippen molar-refractivity contribution in [3.05, 3.63) is 95.1 Å². The second kappa shape index (κ2) is 10.5. The van der Waals surface area contributed by atoms with Crippen LogP contribution in [0, 0.1) is 0 Å². The lowest BCUT2D eigenvalue weighted by molar-refractivity contribution is -0.143. The summed E-state index contributed by atoms with van der Waals surface area (Å²) in [6, 6.07) is 21.1. The maximum Gasteiger partial charge on any atom is 0.340 e. The van der Waals surface area contributed by atoms with Crippen LogP contribution >= 0.6 is 0 Å². The van der Waals surface area contributed by atoms with Gasteiger partial charge in [0.15, 0.2) is 17.2 Å². The summed E-state index contributed by atoms with van der Waals surface area (Å²) in [7, 11) is 3.01. The molecule has 1 aliphatic heterocycles. The van der Waals surface area contributed by atoms with Crippen molar-refractivity contribution in [3.8, 4) is 11.5 Å². The highest BCUT2D eigenvalue weighted by molar-refractivity contribution is 6.13. The normalized spacial score (nSPS) is 18.9. The van der Waals surface area contributed by atoms with Crippen molar-refractivity contribution in [1.82, 2.24) is 5.32 Å². The molecule has 1 heterocycles. The summed E-state index contributed by atoms with van der Waals surface area (Å²) in [5, 5.41) is 12.4. The Morgan fingerprint density at radius 1 is 0.971 bits per heavy atom. The lowest BCUT2D eigenvalue weighted by Crippen LogP contribution is -2.42. The number of nitrogens with one attached hydrogen (secondary N) is 1. The first-order valence-corrected chi connectivity index (χ1v) is 11.3. The van der Waals surface area contributed by atoms with Crippen LogP contribution in [0.25, 0.3) is 0 Å². The summed E-state index contributed by atoms with van der Waals surface area (Å²) >= 11 is 0. The van der Waals surface area contributed by atoms with Crippen LogP contribution in [-0.4, -0.2) is 38.6 Å². The molecular weight excluding hydrogens is 446 g/mol. The minimum atomic E-state index is -1.43. The van der Waals surface area contributed by atoms with E-state index in [4.69, 9.17) is 14.2 Å². The molecule has 0 fully saturated rings. The van der Waals surface area contributed by atoms with Crippen LogP contribution < -0.4 is 14.8 Å². The van der Waals surface area contributed by atoms with Gasteiger partial charge in [0.25, 0.3) is 0 Å². The fraction of sp³-hybridized carbons (Fsp3) is 0.259. The number of ketones is 1. The monoisotopic (exact) mass is 473 g/mol. The van der Waals surface area contributed by atoms with E-state index in [0.717, 1.165) is 11.1 Å². The molecule has 8 nitrogen and oxygen atoms in total. The van der Waals surface area contributed by atoms with E-state index in [0.29, 0.717) is 23.6 Å². The van der Waals surface area contributed by atoms with Crippen molar-refractivity contribution >= 4 is 11.8 Å². The van der Waals surface area contributed by atoms with Crippen molar-refractivity contribution in [2.24, 2.45) is 10.2 Å². The van der Waals surface area contributed by atoms with Crippen LogP contribution in [0.4, 0.5) is 0 Å². The van der Waals surface area contributed by atoms with Gasteiger partial charge in [-0.25, -0.2) is 4.79 Å². The minimum Gasteiger partial charge on any atom is -0.493 e. The van der Waals surface area contributed by atoms with Gasteiger partial charge in [-0.05, 0) is 24.6 Å². The van der Waals surface area contributed by atoms with Crippen LogP contribution in [0.15, 0.2) is 83.0 Å². The molecule has 180 valence electrons. The predicted octanol–water partition coefficient (Wildman–Crippen LogP) is 4.27. The number of hydrogen-bond acceptors (Lipinski definition) is 8. The third kappa shape index (κ3) is 4.65. The molecule has 0 radical (unpaired) electrons. The fourth-order valence-electron chi connectivity index (χ4n) is 4.11. The van der Waals surface area contributed by atoms with E-state index in [1.165, 1.54) is 14.2 Å². The van der Waals surface area contributed by atoms with E-state index in [2.05, 4.69) is 15.5 Å². The number of fused-ring (bicyclic) bond motifs is 1. The highest BCUT2D eigenvalue weighted by atomic mass is 16.5. The molecular formula is C27H27N3O5. The van der Waals surface area contributed by atoms with E-state index >= 15 is 0 Å². The van der Waals surface area contributed by atoms with Gasteiger partial charge in [0.05, 0.1) is 20.8 Å². The van der Waals surface area contributed by atoms with E-state index in [-0.39, 0.29) is 12.2 Å². The number of nitrogens with zero attached hydrogens (tertiary/aromatic N) is 2. The third-order valence-electron chi connectivity index (χ3n) is 5.84. The Bertz CT molecular complexity index is 1230. The van der Waals surface area contributed by atoms with E-state index in [9.17, 15) is 9.59 Å². The molecule has 0 saturated carbocycles. The number of ether oxygens (including phenoxy) is 3. The molecule has 2 atom stereocenters. The Hall–Kier alpha value is -4.04. The Kier molecular flexibility index (Phi) is 7.22. The van der Waals surface area contributed by atoms with Gasteiger partial charge < -0.3 is 14.2 Å². The van der Waals surface area contributed by atoms with Gasteiger partial charge in [0, 0.05) is 23.2 Å². The number of methoxy groups -OCH3 is 2. The largest absolute Gasteiger partial charge is 0.493 e. The zero-order valence-corrected chi connectivity index (χ0v) is 19.9. The molecule has 3 aromatic rings. The van der Waals surface area contributed by atoms with E-state index in [1.807, 2.05) is 60.7 Å². The smallest absolute Gasteiger partial charge is 0.340 e. The zero-order valence-electron chi connectivity index (χ0n) is 19.9. The fourth-order valence-corrected chi connectivity index (χ4v) is 4.11. The molecule has 8 heteroatoms. The summed E-state index contributed by atoms with van der Waals surface area (Å²) in [5.74, 6) is -0.504. The highest BCUT2D eigenvalue weighted by Crippen LogP contribution is 2.42. The summed E-state index contributed by atoms with van der Waals surface area (Å²) in [6.07, 6.45) is 0. The summed E-state index contributed by atoms with van der Waals surface area (Å²) < 4.78 is 16.2. The quantitative estimate of drug-likeness (QED) is 0.387. The average molecular weight is 474 g/mol. The van der Waals surface area contributed by atoms with Crippen molar-refractivity contribution in [1.29, 1.82) is 0 Å². The molecule has 3 aromatic carbocycles. The van der Waals surface area contributed by atoms with Crippen LogP contribution in [0.3, 0.4) is 0 Å². The van der Waals surface area contributed by atoms with Gasteiger partial charge >= 0.3 is 5.97 Å². The van der Waals surface area contributed by atoms with E-state index in [1.54, 1.807) is 19.1 Å². The van der Waals surface area contributed by atoms with Gasteiger partial charge in [-0.3, -0.25) is 10.1 Å². The molecule has 2 unspecified atom stereocenters. The number of benzene rings is 3. The third-order valence-corrected chi connectivity index (χ3v) is 5.84. The number of azo groups is 1. The van der Waals surface area contributed by atoms with Crippen molar-refractivity contribution in [2.75, 3.05) is 20.8 Å². The number of carbonyl (C=O) groups is 2. The van der Waals surface area contributed by atoms with Crippen LogP contribution in [-0.2, 0) is 21.7 Å². The number of rotatable bonds is 8. The van der Waals surface area contributed by atoms with E-state index < -0.39 is 23.5 Å². The molecule has 0 aliphatic carbocycles. The highest BCUT2D eigenvalue weighted by Gasteiger charge is 2.44. The number of esters is 1. The predicted molar refractivity (Wildman–Crippen MR) is 130 cm³/mol. The van der Waals surface area contributed by atoms with Gasteiger partial charge in [0.1, 0.15) is 0 Å². The standard InChI is InChI=1S/C27H27N3O5/c1-4-35-26(32)24-25(31)20-15-22(33-2)23(34-3)16-21(20)27(30-29-24,19-13-9-6-10-14-19)28-17-18-11-7-5-8-12-18/h5-16,24,28H,4,17H2,1-3H3. The molecule has 1 aliphatic rings. The Morgan fingerprint density at radius 2 is 1.60 bits per heavy atom. The van der Waals surface area contributed by atoms with Crippen LogP contribution in [0.2, 0.25) is 0 Å². The first-order chi connectivity index (χ1) is 17.0. The SMILES string of the molecule is CCOC(=O)C1N=NC(NCc2ccccc2)(c2ccccc2)c2cc(OC)c(OC)cc2C1=O. The average Bonchev–Trinajstić information content (AvgIpc) is 3.02. The van der Waals surface area contributed by atoms with Gasteiger partial charge in [-0.1, -0.05) is 60.7 Å². The van der Waals surface area contributed by atoms with Gasteiger partial charge in [-0.2, -0.15) is 10.2 Å². The minimum absolute atomic E-state index is 0.118. The first kappa shape index (κ1) is 24.1. The molecule has 0 bridgehead atoms. The molecule has 0 spiro atoms. The second-order valence-corrected chi connectivity index (χ2v) is 7.90. The lowest BCUT2D eigenvalue weighted by atomic mass is 9.85. The first-order valence-electron chi connectivity index (χ1n) is 11.3. The lowest BCUT2D eigenvalue weighted by Gasteiger charge is -2.32. The van der Waals surface area contributed by atoms with Gasteiger partial charge in [-0.15, -0.1) is 0 Å². The number of hydrogen-bond donors (Lipinski definition) is 1. The number of Topliss-reactive ketones (excluding diaryl/α,β-unsaturated/α-hetero) is 1. The maximum atomic E-state index is 13.6. The van der Waals surface area contributed by atoms with Crippen molar-refractivity contribution in [3.63, 3.8) is 0 Å². The Labute approximate surface area is 203 Å². The molecule has 4 rings (SSSR count). The topological polar surface area (TPSA) is 98.6 Å². The van der Waals surface area contributed by atoms with Crippen LogP contribution in [0.5, 0.6) is 11.5 Å². The molecule has 0 amide bonds.